The van der Waals surface area contributed by atoms with Gasteiger partial charge in [-0.25, -0.2) is 0 Å². The molecule has 7 heteroatoms. The fraction of sp³-hybridized carbons (Fsp3) is 0.500. The Labute approximate surface area is 147 Å². The lowest BCUT2D eigenvalue weighted by Gasteiger charge is -2.47. The number of fused-ring (bicyclic) bond motifs is 1. The quantitative estimate of drug-likeness (QED) is 0.909. The summed E-state index contributed by atoms with van der Waals surface area (Å²) in [6, 6.07) is 6.07. The van der Waals surface area contributed by atoms with Crippen molar-refractivity contribution in [3.63, 3.8) is 0 Å². The first-order valence-electron chi connectivity index (χ1n) is 8.76. The number of piperidine rings is 1. The first kappa shape index (κ1) is 16.2. The lowest BCUT2D eigenvalue weighted by Crippen LogP contribution is -2.60. The van der Waals surface area contributed by atoms with Crippen LogP contribution in [0, 0.1) is 6.92 Å². The van der Waals surface area contributed by atoms with E-state index in [1.54, 1.807) is 12.3 Å². The number of rotatable bonds is 3. The molecule has 0 aliphatic carbocycles. The van der Waals surface area contributed by atoms with Crippen LogP contribution in [0.15, 0.2) is 30.6 Å². The van der Waals surface area contributed by atoms with Crippen molar-refractivity contribution in [2.75, 3.05) is 26.2 Å². The van der Waals surface area contributed by atoms with Gasteiger partial charge in [-0.1, -0.05) is 6.07 Å². The normalized spacial score (nSPS) is 24.1. The molecule has 2 aromatic rings. The van der Waals surface area contributed by atoms with Crippen molar-refractivity contribution in [2.45, 2.75) is 32.0 Å². The highest BCUT2D eigenvalue weighted by Gasteiger charge is 2.38. The fourth-order valence-electron chi connectivity index (χ4n) is 3.74. The van der Waals surface area contributed by atoms with Crippen LogP contribution in [0.3, 0.4) is 0 Å². The Morgan fingerprint density at radius 2 is 2.36 bits per heavy atom. The first-order valence-corrected chi connectivity index (χ1v) is 8.76. The highest BCUT2D eigenvalue weighted by molar-refractivity contribution is 5.92. The number of aromatic amines is 1. The predicted octanol–water partition coefficient (Wildman–Crippen LogP) is 1.23. The van der Waals surface area contributed by atoms with Gasteiger partial charge in [0.05, 0.1) is 18.8 Å². The number of amides is 1. The molecule has 2 fully saturated rings. The number of hydrogen-bond donors (Lipinski definition) is 1. The van der Waals surface area contributed by atoms with Crippen molar-refractivity contribution < 1.29 is 9.53 Å². The molecule has 0 bridgehead atoms. The third-order valence-corrected chi connectivity index (χ3v) is 5.02. The summed E-state index contributed by atoms with van der Waals surface area (Å²) in [6.45, 7) is 5.75. The minimum Gasteiger partial charge on any atom is -0.375 e. The monoisotopic (exact) mass is 341 g/mol. The summed E-state index contributed by atoms with van der Waals surface area (Å²) in [7, 11) is 0. The van der Waals surface area contributed by atoms with Crippen molar-refractivity contribution in [3.8, 4) is 0 Å². The van der Waals surface area contributed by atoms with E-state index in [-0.39, 0.29) is 18.1 Å². The summed E-state index contributed by atoms with van der Waals surface area (Å²) in [6.07, 6.45) is 4.75. The molecule has 0 saturated carbocycles. The van der Waals surface area contributed by atoms with Gasteiger partial charge >= 0.3 is 0 Å². The number of ether oxygens (including phenoxy) is 1. The molecule has 7 nitrogen and oxygen atoms in total. The smallest absolute Gasteiger partial charge is 0.274 e. The Morgan fingerprint density at radius 3 is 3.12 bits per heavy atom. The molecule has 132 valence electrons. The summed E-state index contributed by atoms with van der Waals surface area (Å²) in [4.78, 5) is 21.3. The van der Waals surface area contributed by atoms with E-state index in [9.17, 15) is 4.79 Å². The average molecular weight is 341 g/mol. The molecule has 2 atom stereocenters. The lowest BCUT2D eigenvalue weighted by molar-refractivity contribution is -0.101. The number of H-pyrrole nitrogens is 1. The molecule has 1 N–H and O–H groups in total. The molecule has 4 heterocycles. The van der Waals surface area contributed by atoms with Crippen LogP contribution in [0.5, 0.6) is 0 Å². The van der Waals surface area contributed by atoms with Gasteiger partial charge in [-0.05, 0) is 31.0 Å². The number of morpholine rings is 1. The van der Waals surface area contributed by atoms with E-state index in [0.29, 0.717) is 18.8 Å². The maximum atomic E-state index is 12.7. The van der Waals surface area contributed by atoms with Gasteiger partial charge in [-0.3, -0.25) is 19.8 Å². The Hall–Kier alpha value is -2.25. The number of nitrogens with zero attached hydrogens (tertiary/aromatic N) is 4. The third kappa shape index (κ3) is 3.43. The van der Waals surface area contributed by atoms with Crippen LogP contribution in [-0.2, 0) is 11.3 Å². The van der Waals surface area contributed by atoms with E-state index in [4.69, 9.17) is 4.74 Å². The molecule has 2 aromatic heterocycles. The van der Waals surface area contributed by atoms with Crippen molar-refractivity contribution in [1.29, 1.82) is 0 Å². The van der Waals surface area contributed by atoms with Gasteiger partial charge < -0.3 is 9.64 Å². The highest BCUT2D eigenvalue weighted by atomic mass is 16.5. The molecular weight excluding hydrogens is 318 g/mol. The van der Waals surface area contributed by atoms with Gasteiger partial charge in [0, 0.05) is 44.3 Å². The van der Waals surface area contributed by atoms with E-state index >= 15 is 0 Å². The van der Waals surface area contributed by atoms with Gasteiger partial charge in [0.1, 0.15) is 5.69 Å². The molecule has 2 saturated heterocycles. The molecule has 2 aliphatic heterocycles. The zero-order valence-electron chi connectivity index (χ0n) is 14.4. The van der Waals surface area contributed by atoms with Crippen LogP contribution in [0.1, 0.15) is 28.2 Å². The Kier molecular flexibility index (Phi) is 4.50. The third-order valence-electron chi connectivity index (χ3n) is 5.02. The summed E-state index contributed by atoms with van der Waals surface area (Å²) >= 11 is 0. The maximum Gasteiger partial charge on any atom is 0.274 e. The van der Waals surface area contributed by atoms with Crippen LogP contribution >= 0.6 is 0 Å². The number of pyridine rings is 1. The second-order valence-corrected chi connectivity index (χ2v) is 6.78. The second kappa shape index (κ2) is 6.93. The number of carbonyl (C=O) groups is 1. The molecule has 0 aromatic carbocycles. The number of aryl methyl sites for hydroxylation is 1. The molecule has 2 aliphatic rings. The predicted molar refractivity (Wildman–Crippen MR) is 92.0 cm³/mol. The maximum absolute atomic E-state index is 12.7. The summed E-state index contributed by atoms with van der Waals surface area (Å²) in [5.41, 5.74) is 2.58. The number of hydrogen-bond acceptors (Lipinski definition) is 5. The van der Waals surface area contributed by atoms with Crippen molar-refractivity contribution >= 4 is 5.91 Å². The summed E-state index contributed by atoms with van der Waals surface area (Å²) in [5, 5.41) is 6.96. The molecule has 0 spiro atoms. The van der Waals surface area contributed by atoms with E-state index in [2.05, 4.69) is 26.1 Å². The zero-order valence-corrected chi connectivity index (χ0v) is 14.4. The van der Waals surface area contributed by atoms with Crippen LogP contribution < -0.4 is 0 Å². The van der Waals surface area contributed by atoms with Gasteiger partial charge in [0.25, 0.3) is 5.91 Å². The Morgan fingerprint density at radius 1 is 1.44 bits per heavy atom. The molecule has 4 rings (SSSR count). The minimum atomic E-state index is -0.00491. The number of nitrogens with one attached hydrogen (secondary N) is 1. The van der Waals surface area contributed by atoms with Gasteiger partial charge in [-0.15, -0.1) is 0 Å². The van der Waals surface area contributed by atoms with Crippen LogP contribution in [0.25, 0.3) is 0 Å². The van der Waals surface area contributed by atoms with Gasteiger partial charge in [0.15, 0.2) is 0 Å². The molecular formula is C18H23N5O2. The molecule has 0 unspecified atom stereocenters. The van der Waals surface area contributed by atoms with E-state index < -0.39 is 0 Å². The number of aromatic nitrogens is 3. The molecule has 0 radical (unpaired) electrons. The topological polar surface area (TPSA) is 74.3 Å². The lowest BCUT2D eigenvalue weighted by atomic mass is 9.98. The average Bonchev–Trinajstić information content (AvgIpc) is 3.08. The Balaban J connectivity index is 1.48. The van der Waals surface area contributed by atoms with Crippen LogP contribution in [0.4, 0.5) is 0 Å². The highest BCUT2D eigenvalue weighted by Crippen LogP contribution is 2.25. The zero-order chi connectivity index (χ0) is 17.2. The summed E-state index contributed by atoms with van der Waals surface area (Å²) < 4.78 is 5.97. The van der Waals surface area contributed by atoms with Crippen LogP contribution in [0.2, 0.25) is 0 Å². The number of likely N-dealkylation sites (tertiary alicyclic amines) is 1. The van der Waals surface area contributed by atoms with Crippen molar-refractivity contribution in [2.24, 2.45) is 0 Å². The fourth-order valence-corrected chi connectivity index (χ4v) is 3.74. The molecule has 1 amide bonds. The van der Waals surface area contributed by atoms with Crippen LogP contribution in [-0.4, -0.2) is 69.3 Å². The molecule has 25 heavy (non-hydrogen) atoms. The van der Waals surface area contributed by atoms with E-state index in [1.165, 1.54) is 5.56 Å². The minimum absolute atomic E-state index is 0.00491. The van der Waals surface area contributed by atoms with Gasteiger partial charge in [0.2, 0.25) is 0 Å². The van der Waals surface area contributed by atoms with E-state index in [0.717, 1.165) is 31.8 Å². The van der Waals surface area contributed by atoms with Gasteiger partial charge in [-0.2, -0.15) is 5.10 Å². The van der Waals surface area contributed by atoms with E-state index in [1.807, 2.05) is 24.1 Å². The first-order chi connectivity index (χ1) is 12.2. The van der Waals surface area contributed by atoms with Crippen molar-refractivity contribution in [3.05, 3.63) is 47.5 Å². The largest absolute Gasteiger partial charge is 0.375 e. The van der Waals surface area contributed by atoms with Crippen molar-refractivity contribution in [1.82, 2.24) is 25.0 Å². The SMILES string of the molecule is Cc1cc(C(=O)N2CC[C@@H]3OCCN(Cc4cccnc4)[C@@H]3C2)n[nH]1. The standard InChI is InChI=1S/C18H23N5O2/c1-13-9-15(21-20-13)18(24)23-6-4-17-16(12-23)22(7-8-25-17)11-14-3-2-5-19-10-14/h2-3,5,9-10,16-17H,4,6-8,11-12H2,1H3,(H,20,21)/t16-,17+/m1/s1. The summed E-state index contributed by atoms with van der Waals surface area (Å²) in [5.74, 6) is -0.00491. The Bertz CT molecular complexity index is 732. The second-order valence-electron chi connectivity index (χ2n) is 6.78. The number of carbonyl (C=O) groups excluding carboxylic acids is 1.